The second-order valence-corrected chi connectivity index (χ2v) is 5.90. The SMILES string of the molecule is C[C@H](NC(=O)CCc1conc1-c1ccccc1)c1ccc(F)cc1. The second kappa shape index (κ2) is 7.75. The molecule has 0 spiro atoms. The lowest BCUT2D eigenvalue weighted by Crippen LogP contribution is -2.26. The van der Waals surface area contributed by atoms with Gasteiger partial charge in [0.1, 0.15) is 17.8 Å². The lowest BCUT2D eigenvalue weighted by Gasteiger charge is -2.14. The highest BCUT2D eigenvalue weighted by Gasteiger charge is 2.14. The van der Waals surface area contributed by atoms with Crippen LogP contribution in [0.3, 0.4) is 0 Å². The molecule has 0 saturated heterocycles. The number of rotatable bonds is 6. The predicted molar refractivity (Wildman–Crippen MR) is 93.2 cm³/mol. The first kappa shape index (κ1) is 16.9. The first-order valence-electron chi connectivity index (χ1n) is 8.17. The van der Waals surface area contributed by atoms with Gasteiger partial charge in [0.15, 0.2) is 0 Å². The van der Waals surface area contributed by atoms with Crippen molar-refractivity contribution < 1.29 is 13.7 Å². The number of carbonyl (C=O) groups excluding carboxylic acids is 1. The van der Waals surface area contributed by atoms with Crippen molar-refractivity contribution in [3.05, 3.63) is 77.8 Å². The van der Waals surface area contributed by atoms with Crippen LogP contribution in [-0.2, 0) is 11.2 Å². The van der Waals surface area contributed by atoms with Crippen molar-refractivity contribution in [3.8, 4) is 11.3 Å². The number of carbonyl (C=O) groups is 1. The van der Waals surface area contributed by atoms with Crippen molar-refractivity contribution in [1.82, 2.24) is 10.5 Å². The molecule has 0 unspecified atom stereocenters. The summed E-state index contributed by atoms with van der Waals surface area (Å²) in [6.45, 7) is 1.87. The molecule has 3 rings (SSSR count). The molecule has 0 fully saturated rings. The van der Waals surface area contributed by atoms with E-state index >= 15 is 0 Å². The highest BCUT2D eigenvalue weighted by Crippen LogP contribution is 2.23. The molecule has 128 valence electrons. The number of nitrogens with one attached hydrogen (secondary N) is 1. The third-order valence-corrected chi connectivity index (χ3v) is 4.06. The number of aryl methyl sites for hydroxylation is 1. The van der Waals surface area contributed by atoms with E-state index < -0.39 is 0 Å². The maximum Gasteiger partial charge on any atom is 0.220 e. The minimum atomic E-state index is -0.289. The highest BCUT2D eigenvalue weighted by atomic mass is 19.1. The molecule has 2 aromatic carbocycles. The van der Waals surface area contributed by atoms with Gasteiger partial charge in [0.05, 0.1) is 6.04 Å². The van der Waals surface area contributed by atoms with Gasteiger partial charge < -0.3 is 9.84 Å². The summed E-state index contributed by atoms with van der Waals surface area (Å²) < 4.78 is 18.0. The molecular weight excluding hydrogens is 319 g/mol. The van der Waals surface area contributed by atoms with Gasteiger partial charge in [-0.1, -0.05) is 47.6 Å². The molecule has 0 aliphatic heterocycles. The zero-order chi connectivity index (χ0) is 17.6. The Morgan fingerprint density at radius 3 is 2.60 bits per heavy atom. The summed E-state index contributed by atoms with van der Waals surface area (Å²) in [6.07, 6.45) is 2.45. The average molecular weight is 338 g/mol. The van der Waals surface area contributed by atoms with Gasteiger partial charge in [0.2, 0.25) is 5.91 Å². The first-order valence-corrected chi connectivity index (χ1v) is 8.17. The molecule has 1 amide bonds. The number of hydrogen-bond acceptors (Lipinski definition) is 3. The molecule has 0 aliphatic carbocycles. The minimum Gasteiger partial charge on any atom is -0.364 e. The van der Waals surface area contributed by atoms with Crippen LogP contribution >= 0.6 is 0 Å². The largest absolute Gasteiger partial charge is 0.364 e. The summed E-state index contributed by atoms with van der Waals surface area (Å²) in [5.74, 6) is -0.361. The lowest BCUT2D eigenvalue weighted by molar-refractivity contribution is -0.121. The van der Waals surface area contributed by atoms with Crippen molar-refractivity contribution in [3.63, 3.8) is 0 Å². The van der Waals surface area contributed by atoms with Gasteiger partial charge in [-0.15, -0.1) is 0 Å². The number of amides is 1. The summed E-state index contributed by atoms with van der Waals surface area (Å²) in [5.41, 5.74) is 3.49. The molecule has 5 heteroatoms. The van der Waals surface area contributed by atoms with E-state index in [1.807, 2.05) is 37.3 Å². The van der Waals surface area contributed by atoms with Crippen LogP contribution in [0.4, 0.5) is 4.39 Å². The van der Waals surface area contributed by atoms with Crippen molar-refractivity contribution in [2.75, 3.05) is 0 Å². The van der Waals surface area contributed by atoms with Gasteiger partial charge in [-0.3, -0.25) is 4.79 Å². The van der Waals surface area contributed by atoms with E-state index in [1.54, 1.807) is 18.4 Å². The first-order chi connectivity index (χ1) is 12.1. The second-order valence-electron chi connectivity index (χ2n) is 5.90. The molecule has 1 N–H and O–H groups in total. The topological polar surface area (TPSA) is 55.1 Å². The van der Waals surface area contributed by atoms with Crippen molar-refractivity contribution in [1.29, 1.82) is 0 Å². The predicted octanol–water partition coefficient (Wildman–Crippen LogP) is 4.29. The maximum absolute atomic E-state index is 13.0. The van der Waals surface area contributed by atoms with E-state index in [2.05, 4.69) is 10.5 Å². The zero-order valence-electron chi connectivity index (χ0n) is 13.9. The summed E-state index contributed by atoms with van der Waals surface area (Å²) in [6, 6.07) is 15.7. The van der Waals surface area contributed by atoms with E-state index in [9.17, 15) is 9.18 Å². The normalized spacial score (nSPS) is 11.9. The van der Waals surface area contributed by atoms with Gasteiger partial charge in [-0.25, -0.2) is 4.39 Å². The minimum absolute atomic E-state index is 0.0722. The lowest BCUT2D eigenvalue weighted by atomic mass is 10.0. The van der Waals surface area contributed by atoms with Crippen molar-refractivity contribution in [2.45, 2.75) is 25.8 Å². The van der Waals surface area contributed by atoms with E-state index in [-0.39, 0.29) is 17.8 Å². The van der Waals surface area contributed by atoms with E-state index in [4.69, 9.17) is 4.52 Å². The molecule has 25 heavy (non-hydrogen) atoms. The molecule has 3 aromatic rings. The summed E-state index contributed by atoms with van der Waals surface area (Å²) >= 11 is 0. The molecular formula is C20H19FN2O2. The van der Waals surface area contributed by atoms with Crippen LogP contribution in [0.25, 0.3) is 11.3 Å². The van der Waals surface area contributed by atoms with Crippen LogP contribution in [0.2, 0.25) is 0 Å². The Balaban J connectivity index is 1.58. The number of benzene rings is 2. The van der Waals surface area contributed by atoms with Crippen LogP contribution in [0.5, 0.6) is 0 Å². The Labute approximate surface area is 145 Å². The Kier molecular flexibility index (Phi) is 5.23. The van der Waals surface area contributed by atoms with Gasteiger partial charge in [-0.05, 0) is 31.0 Å². The Morgan fingerprint density at radius 1 is 1.16 bits per heavy atom. The van der Waals surface area contributed by atoms with Gasteiger partial charge in [0, 0.05) is 17.5 Å². The number of nitrogens with zero attached hydrogens (tertiary/aromatic N) is 1. The molecule has 1 aromatic heterocycles. The van der Waals surface area contributed by atoms with E-state index in [0.717, 1.165) is 22.4 Å². The van der Waals surface area contributed by atoms with Crippen LogP contribution in [0, 0.1) is 5.82 Å². The quantitative estimate of drug-likeness (QED) is 0.729. The van der Waals surface area contributed by atoms with Crippen LogP contribution in [0.15, 0.2) is 65.4 Å². The van der Waals surface area contributed by atoms with Crippen LogP contribution in [0.1, 0.15) is 30.5 Å². The fourth-order valence-electron chi connectivity index (χ4n) is 2.67. The third kappa shape index (κ3) is 4.32. The molecule has 4 nitrogen and oxygen atoms in total. The maximum atomic E-state index is 13.0. The standard InChI is InChI=1S/C20H19FN2O2/c1-14(15-7-10-18(21)11-8-15)22-19(24)12-9-17-13-25-23-20(17)16-5-3-2-4-6-16/h2-8,10-11,13-14H,9,12H2,1H3,(H,22,24)/t14-/m0/s1. The average Bonchev–Trinajstić information content (AvgIpc) is 3.10. The van der Waals surface area contributed by atoms with Crippen molar-refractivity contribution >= 4 is 5.91 Å². The van der Waals surface area contributed by atoms with E-state index in [0.29, 0.717) is 12.8 Å². The van der Waals surface area contributed by atoms with Gasteiger partial charge >= 0.3 is 0 Å². The smallest absolute Gasteiger partial charge is 0.220 e. The van der Waals surface area contributed by atoms with Gasteiger partial charge in [0.25, 0.3) is 0 Å². The van der Waals surface area contributed by atoms with Crippen LogP contribution in [-0.4, -0.2) is 11.1 Å². The summed E-state index contributed by atoms with van der Waals surface area (Å²) in [5, 5.41) is 6.96. The monoisotopic (exact) mass is 338 g/mol. The van der Waals surface area contributed by atoms with Crippen molar-refractivity contribution in [2.24, 2.45) is 0 Å². The fourth-order valence-corrected chi connectivity index (χ4v) is 2.67. The van der Waals surface area contributed by atoms with Gasteiger partial charge in [-0.2, -0.15) is 0 Å². The molecule has 0 bridgehead atoms. The molecule has 1 heterocycles. The Bertz CT molecular complexity index is 828. The number of halogens is 1. The molecule has 0 radical (unpaired) electrons. The molecule has 1 atom stereocenters. The van der Waals surface area contributed by atoms with E-state index in [1.165, 1.54) is 12.1 Å². The number of aromatic nitrogens is 1. The third-order valence-electron chi connectivity index (χ3n) is 4.06. The van der Waals surface area contributed by atoms with Crippen LogP contribution < -0.4 is 5.32 Å². The fraction of sp³-hybridized carbons (Fsp3) is 0.200. The summed E-state index contributed by atoms with van der Waals surface area (Å²) in [4.78, 5) is 12.2. The molecule has 0 saturated carbocycles. The molecule has 0 aliphatic rings. The number of hydrogen-bond donors (Lipinski definition) is 1. The Hall–Kier alpha value is -2.95. The zero-order valence-corrected chi connectivity index (χ0v) is 13.9. The Morgan fingerprint density at radius 2 is 1.88 bits per heavy atom. The summed E-state index contributed by atoms with van der Waals surface area (Å²) in [7, 11) is 0. The highest BCUT2D eigenvalue weighted by molar-refractivity contribution is 5.77.